The lowest BCUT2D eigenvalue weighted by Gasteiger charge is -2.28. The van der Waals surface area contributed by atoms with E-state index in [0.717, 1.165) is 23.5 Å². The molecule has 0 spiro atoms. The van der Waals surface area contributed by atoms with E-state index in [0.29, 0.717) is 35.6 Å². The summed E-state index contributed by atoms with van der Waals surface area (Å²) in [5, 5.41) is 8.75. The molecule has 2 heterocycles. The van der Waals surface area contributed by atoms with Gasteiger partial charge in [0.2, 0.25) is 11.1 Å². The van der Waals surface area contributed by atoms with Gasteiger partial charge >= 0.3 is 5.97 Å². The minimum atomic E-state index is -0.481. The van der Waals surface area contributed by atoms with Gasteiger partial charge in [0, 0.05) is 11.4 Å². The van der Waals surface area contributed by atoms with Crippen molar-refractivity contribution in [2.24, 2.45) is 0 Å². The Morgan fingerprint density at radius 3 is 2.44 bits per heavy atom. The standard InChI is InChI=1S/C33H36N4O3S/c1-6-16-39-31(38)29-24(5)34-32-35-33(41-20-25-10-8-7-9-11-25)36-37(32)30(29)26-12-14-28(15-13-26)40-19-27-18-22(3)21(2)17-23(27)4/h7-15,17-18,30H,6,16,19-20H2,1-5H3,(H,34,35,36). The van der Waals surface area contributed by atoms with Gasteiger partial charge < -0.3 is 14.8 Å². The van der Waals surface area contributed by atoms with Crippen molar-refractivity contribution in [1.29, 1.82) is 0 Å². The highest BCUT2D eigenvalue weighted by molar-refractivity contribution is 7.98. The number of allylic oxidation sites excluding steroid dienone is 1. The van der Waals surface area contributed by atoms with Crippen LogP contribution in [0, 0.1) is 20.8 Å². The quantitative estimate of drug-likeness (QED) is 0.159. The number of benzene rings is 3. The first-order valence-corrected chi connectivity index (χ1v) is 14.9. The number of thioether (sulfide) groups is 1. The van der Waals surface area contributed by atoms with E-state index in [1.807, 2.05) is 56.3 Å². The molecule has 1 aromatic heterocycles. The van der Waals surface area contributed by atoms with Gasteiger partial charge in [-0.05, 0) is 79.6 Å². The molecule has 1 aliphatic heterocycles. The predicted octanol–water partition coefficient (Wildman–Crippen LogP) is 7.32. The van der Waals surface area contributed by atoms with Crippen molar-refractivity contribution in [1.82, 2.24) is 14.8 Å². The molecule has 3 aromatic carbocycles. The average molecular weight is 569 g/mol. The summed E-state index contributed by atoms with van der Waals surface area (Å²) in [5.41, 5.74) is 8.25. The molecular formula is C33H36N4O3S. The number of nitrogens with one attached hydrogen (secondary N) is 1. The Morgan fingerprint density at radius 2 is 1.71 bits per heavy atom. The van der Waals surface area contributed by atoms with Gasteiger partial charge in [-0.1, -0.05) is 73.3 Å². The van der Waals surface area contributed by atoms with Crippen molar-refractivity contribution in [3.63, 3.8) is 0 Å². The van der Waals surface area contributed by atoms with E-state index in [-0.39, 0.29) is 5.97 Å². The molecule has 0 fully saturated rings. The molecule has 8 heteroatoms. The zero-order valence-electron chi connectivity index (χ0n) is 24.2. The lowest BCUT2D eigenvalue weighted by atomic mass is 9.95. The third-order valence-electron chi connectivity index (χ3n) is 7.24. The number of fused-ring (bicyclic) bond motifs is 1. The van der Waals surface area contributed by atoms with E-state index in [1.165, 1.54) is 27.8 Å². The van der Waals surface area contributed by atoms with E-state index in [1.54, 1.807) is 16.4 Å². The van der Waals surface area contributed by atoms with Crippen LogP contribution < -0.4 is 10.1 Å². The number of rotatable bonds is 10. The van der Waals surface area contributed by atoms with Crippen LogP contribution in [0.1, 0.15) is 59.7 Å². The van der Waals surface area contributed by atoms with E-state index in [4.69, 9.17) is 19.6 Å². The van der Waals surface area contributed by atoms with Crippen molar-refractivity contribution in [2.75, 3.05) is 11.9 Å². The maximum absolute atomic E-state index is 13.3. The fourth-order valence-electron chi connectivity index (χ4n) is 4.84. The molecule has 0 aliphatic carbocycles. The number of esters is 1. The summed E-state index contributed by atoms with van der Waals surface area (Å²) in [6.07, 6.45) is 0.747. The fraction of sp³-hybridized carbons (Fsp3) is 0.303. The van der Waals surface area contributed by atoms with Crippen LogP contribution in [0.2, 0.25) is 0 Å². The number of carbonyl (C=O) groups excluding carboxylic acids is 1. The molecule has 0 bridgehead atoms. The SMILES string of the molecule is CCCOC(=O)C1=C(C)Nc2nc(SCc3ccccc3)nn2C1c1ccc(OCc2cc(C)c(C)cc2C)cc1. The summed E-state index contributed by atoms with van der Waals surface area (Å²) in [6.45, 7) is 11.1. The van der Waals surface area contributed by atoms with Crippen molar-refractivity contribution < 1.29 is 14.3 Å². The number of aromatic nitrogens is 3. The van der Waals surface area contributed by atoms with E-state index in [2.05, 4.69) is 50.4 Å². The lowest BCUT2D eigenvalue weighted by Crippen LogP contribution is -2.29. The summed E-state index contributed by atoms with van der Waals surface area (Å²) in [7, 11) is 0. The Bertz CT molecular complexity index is 1560. The lowest BCUT2D eigenvalue weighted by molar-refractivity contribution is -0.139. The molecule has 1 unspecified atom stereocenters. The van der Waals surface area contributed by atoms with Crippen LogP contribution in [-0.2, 0) is 21.9 Å². The number of carbonyl (C=O) groups is 1. The smallest absolute Gasteiger partial charge is 0.338 e. The van der Waals surface area contributed by atoms with Gasteiger partial charge in [0.05, 0.1) is 12.2 Å². The molecule has 5 rings (SSSR count). The second-order valence-corrected chi connectivity index (χ2v) is 11.3. The molecule has 212 valence electrons. The van der Waals surface area contributed by atoms with Gasteiger partial charge in [-0.3, -0.25) is 0 Å². The average Bonchev–Trinajstić information content (AvgIpc) is 3.38. The van der Waals surface area contributed by atoms with E-state index in [9.17, 15) is 4.79 Å². The zero-order chi connectivity index (χ0) is 28.9. The number of ether oxygens (including phenoxy) is 2. The van der Waals surface area contributed by atoms with Gasteiger partial charge in [0.1, 0.15) is 18.4 Å². The molecule has 1 atom stereocenters. The Balaban J connectivity index is 1.41. The van der Waals surface area contributed by atoms with Gasteiger partial charge in [0.15, 0.2) is 0 Å². The molecule has 41 heavy (non-hydrogen) atoms. The molecular weight excluding hydrogens is 532 g/mol. The molecule has 1 aliphatic rings. The molecule has 1 N–H and O–H groups in total. The first-order chi connectivity index (χ1) is 19.8. The summed E-state index contributed by atoms with van der Waals surface area (Å²) in [5.74, 6) is 1.75. The van der Waals surface area contributed by atoms with Crippen LogP contribution in [0.4, 0.5) is 5.95 Å². The first-order valence-electron chi connectivity index (χ1n) is 13.9. The summed E-state index contributed by atoms with van der Waals surface area (Å²) >= 11 is 1.56. The van der Waals surface area contributed by atoms with Gasteiger partial charge in [-0.25, -0.2) is 9.48 Å². The minimum absolute atomic E-state index is 0.355. The number of aryl methyl sites for hydroxylation is 3. The second-order valence-electron chi connectivity index (χ2n) is 10.4. The van der Waals surface area contributed by atoms with Crippen molar-refractivity contribution >= 4 is 23.7 Å². The van der Waals surface area contributed by atoms with Crippen LogP contribution in [0.25, 0.3) is 0 Å². The number of hydrogen-bond acceptors (Lipinski definition) is 7. The van der Waals surface area contributed by atoms with Crippen LogP contribution in [0.3, 0.4) is 0 Å². The van der Waals surface area contributed by atoms with E-state index >= 15 is 0 Å². The Hall–Kier alpha value is -4.04. The van der Waals surface area contributed by atoms with Crippen LogP contribution >= 0.6 is 11.8 Å². The summed E-state index contributed by atoms with van der Waals surface area (Å²) < 4.78 is 13.5. The third-order valence-corrected chi connectivity index (χ3v) is 8.15. The normalized spacial score (nSPS) is 14.4. The Morgan fingerprint density at radius 1 is 0.976 bits per heavy atom. The summed E-state index contributed by atoms with van der Waals surface area (Å²) in [6, 6.07) is 22.0. The highest BCUT2D eigenvalue weighted by atomic mass is 32.2. The number of hydrogen-bond donors (Lipinski definition) is 1. The molecule has 0 saturated carbocycles. The maximum atomic E-state index is 13.3. The maximum Gasteiger partial charge on any atom is 0.338 e. The third kappa shape index (κ3) is 6.49. The number of nitrogens with zero attached hydrogens (tertiary/aromatic N) is 3. The van der Waals surface area contributed by atoms with Gasteiger partial charge in [-0.15, -0.1) is 5.10 Å². The fourth-order valence-corrected chi connectivity index (χ4v) is 5.63. The zero-order valence-corrected chi connectivity index (χ0v) is 25.0. The van der Waals surface area contributed by atoms with Crippen LogP contribution in [0.15, 0.2) is 83.2 Å². The highest BCUT2D eigenvalue weighted by Gasteiger charge is 2.35. The summed E-state index contributed by atoms with van der Waals surface area (Å²) in [4.78, 5) is 18.0. The largest absolute Gasteiger partial charge is 0.489 e. The monoisotopic (exact) mass is 568 g/mol. The van der Waals surface area contributed by atoms with Gasteiger partial charge in [0.25, 0.3) is 0 Å². The predicted molar refractivity (Wildman–Crippen MR) is 163 cm³/mol. The molecule has 0 amide bonds. The Kier molecular flexibility index (Phi) is 8.78. The van der Waals surface area contributed by atoms with Crippen molar-refractivity contribution in [3.8, 4) is 5.75 Å². The van der Waals surface area contributed by atoms with Gasteiger partial charge in [-0.2, -0.15) is 4.98 Å². The minimum Gasteiger partial charge on any atom is -0.489 e. The molecule has 7 nitrogen and oxygen atoms in total. The molecule has 0 saturated heterocycles. The molecule has 0 radical (unpaired) electrons. The van der Waals surface area contributed by atoms with Crippen LogP contribution in [0.5, 0.6) is 5.75 Å². The van der Waals surface area contributed by atoms with E-state index < -0.39 is 6.04 Å². The number of anilines is 1. The highest BCUT2D eigenvalue weighted by Crippen LogP contribution is 2.37. The second kappa shape index (κ2) is 12.6. The topological polar surface area (TPSA) is 78.3 Å². The van der Waals surface area contributed by atoms with Crippen molar-refractivity contribution in [3.05, 3.63) is 111 Å². The Labute approximate surface area is 246 Å². The van der Waals surface area contributed by atoms with Crippen molar-refractivity contribution in [2.45, 2.75) is 64.6 Å². The molecule has 4 aromatic rings. The van der Waals surface area contributed by atoms with Crippen LogP contribution in [-0.4, -0.2) is 27.3 Å². The first kappa shape index (κ1) is 28.5.